The normalized spacial score (nSPS) is 12.1. The minimum absolute atomic E-state index is 0.159. The lowest BCUT2D eigenvalue weighted by atomic mass is 9.98. The van der Waals surface area contributed by atoms with E-state index < -0.39 is 0 Å². The third kappa shape index (κ3) is 3.08. The molecule has 18 heavy (non-hydrogen) atoms. The van der Waals surface area contributed by atoms with Gasteiger partial charge in [0.2, 0.25) is 0 Å². The van der Waals surface area contributed by atoms with Crippen molar-refractivity contribution in [3.05, 3.63) is 66.7 Å². The second-order valence-electron chi connectivity index (χ2n) is 4.73. The summed E-state index contributed by atoms with van der Waals surface area (Å²) < 4.78 is 0. The molecule has 2 aromatic carbocycles. The first-order chi connectivity index (χ1) is 8.66. The molecule has 0 aliphatic heterocycles. The molecule has 0 aliphatic rings. The Morgan fingerprint density at radius 3 is 2.11 bits per heavy atom. The Labute approximate surface area is 109 Å². The Balaban J connectivity index is 2.18. The highest BCUT2D eigenvalue weighted by Gasteiger charge is 2.03. The quantitative estimate of drug-likeness (QED) is 0.851. The summed E-state index contributed by atoms with van der Waals surface area (Å²) in [5.74, 6) is 0. The molecule has 0 amide bonds. The van der Waals surface area contributed by atoms with Gasteiger partial charge in [0, 0.05) is 6.04 Å². The smallest absolute Gasteiger partial charge is 0.00509 e. The monoisotopic (exact) mass is 237 g/mol. The van der Waals surface area contributed by atoms with Crippen molar-refractivity contribution in [1.29, 1.82) is 0 Å². The molecule has 0 aromatic heterocycles. The minimum atomic E-state index is 0.159. The van der Waals surface area contributed by atoms with Crippen molar-refractivity contribution in [3.8, 4) is 11.1 Å². The van der Waals surface area contributed by atoms with E-state index in [1.807, 2.05) is 13.0 Å². The van der Waals surface area contributed by atoms with Crippen LogP contribution in [-0.2, 0) is 0 Å². The van der Waals surface area contributed by atoms with E-state index in [-0.39, 0.29) is 6.04 Å². The third-order valence-corrected chi connectivity index (χ3v) is 2.97. The van der Waals surface area contributed by atoms with Gasteiger partial charge in [-0.15, -0.1) is 0 Å². The highest BCUT2D eigenvalue weighted by molar-refractivity contribution is 5.69. The maximum absolute atomic E-state index is 5.79. The summed E-state index contributed by atoms with van der Waals surface area (Å²) >= 11 is 0. The van der Waals surface area contributed by atoms with Crippen LogP contribution < -0.4 is 5.73 Å². The average molecular weight is 237 g/mol. The molecule has 0 heterocycles. The summed E-state index contributed by atoms with van der Waals surface area (Å²) in [6, 6.07) is 19.0. The van der Waals surface area contributed by atoms with E-state index in [0.29, 0.717) is 0 Å². The summed E-state index contributed by atoms with van der Waals surface area (Å²) in [5, 5.41) is 0. The lowest BCUT2D eigenvalue weighted by Gasteiger charge is -2.09. The topological polar surface area (TPSA) is 26.0 Å². The molecule has 1 atom stereocenters. The second kappa shape index (κ2) is 5.65. The molecule has 0 radical (unpaired) electrons. The SMILES string of the molecule is C=C(CC(C)N)c1ccc(-c2ccccc2)cc1. The number of benzene rings is 2. The Kier molecular flexibility index (Phi) is 3.96. The largest absolute Gasteiger partial charge is 0.328 e. The van der Waals surface area contributed by atoms with E-state index in [2.05, 4.69) is 55.1 Å². The molecule has 2 aromatic rings. The van der Waals surface area contributed by atoms with Gasteiger partial charge in [0.15, 0.2) is 0 Å². The first kappa shape index (κ1) is 12.6. The van der Waals surface area contributed by atoms with Crippen LogP contribution in [0.1, 0.15) is 18.9 Å². The first-order valence-electron chi connectivity index (χ1n) is 6.26. The van der Waals surface area contributed by atoms with E-state index in [4.69, 9.17) is 5.73 Å². The van der Waals surface area contributed by atoms with Crippen LogP contribution in [0, 0.1) is 0 Å². The molecule has 0 aliphatic carbocycles. The van der Waals surface area contributed by atoms with Crippen LogP contribution in [0.4, 0.5) is 0 Å². The van der Waals surface area contributed by atoms with Gasteiger partial charge in [-0.05, 0) is 35.6 Å². The van der Waals surface area contributed by atoms with Crippen LogP contribution in [0.2, 0.25) is 0 Å². The van der Waals surface area contributed by atoms with Crippen molar-refractivity contribution in [1.82, 2.24) is 0 Å². The maximum atomic E-state index is 5.79. The molecule has 0 spiro atoms. The van der Waals surface area contributed by atoms with Crippen molar-refractivity contribution in [3.63, 3.8) is 0 Å². The minimum Gasteiger partial charge on any atom is -0.328 e. The number of rotatable bonds is 4. The Morgan fingerprint density at radius 2 is 1.56 bits per heavy atom. The molecule has 0 fully saturated rings. The summed E-state index contributed by atoms with van der Waals surface area (Å²) in [4.78, 5) is 0. The first-order valence-corrected chi connectivity index (χ1v) is 6.26. The zero-order chi connectivity index (χ0) is 13.0. The predicted octanol–water partition coefficient (Wildman–Crippen LogP) is 4.10. The van der Waals surface area contributed by atoms with Crippen molar-refractivity contribution < 1.29 is 0 Å². The van der Waals surface area contributed by atoms with Gasteiger partial charge in [-0.2, -0.15) is 0 Å². The molecule has 0 bridgehead atoms. The van der Waals surface area contributed by atoms with Crippen molar-refractivity contribution >= 4 is 5.57 Å². The molecule has 1 heteroatoms. The van der Waals surface area contributed by atoms with Crippen molar-refractivity contribution in [2.75, 3.05) is 0 Å². The van der Waals surface area contributed by atoms with Gasteiger partial charge in [-0.25, -0.2) is 0 Å². The lowest BCUT2D eigenvalue weighted by molar-refractivity contribution is 0.768. The van der Waals surface area contributed by atoms with Crippen LogP contribution in [0.3, 0.4) is 0 Å². The van der Waals surface area contributed by atoms with Gasteiger partial charge in [0.25, 0.3) is 0 Å². The van der Waals surface area contributed by atoms with Crippen LogP contribution in [0.25, 0.3) is 16.7 Å². The zero-order valence-electron chi connectivity index (χ0n) is 10.8. The van der Waals surface area contributed by atoms with Gasteiger partial charge < -0.3 is 5.73 Å². The lowest BCUT2D eigenvalue weighted by Crippen LogP contribution is -2.14. The molecule has 0 saturated heterocycles. The van der Waals surface area contributed by atoms with E-state index in [1.54, 1.807) is 0 Å². The number of hydrogen-bond acceptors (Lipinski definition) is 1. The van der Waals surface area contributed by atoms with Crippen molar-refractivity contribution in [2.24, 2.45) is 5.73 Å². The van der Waals surface area contributed by atoms with E-state index in [1.165, 1.54) is 16.7 Å². The molecular weight excluding hydrogens is 218 g/mol. The van der Waals surface area contributed by atoms with Gasteiger partial charge in [-0.1, -0.05) is 61.2 Å². The molecule has 1 nitrogen and oxygen atoms in total. The molecule has 2 N–H and O–H groups in total. The molecule has 92 valence electrons. The predicted molar refractivity (Wildman–Crippen MR) is 79.2 cm³/mol. The summed E-state index contributed by atoms with van der Waals surface area (Å²) in [6.07, 6.45) is 0.838. The van der Waals surface area contributed by atoms with Gasteiger partial charge in [0.05, 0.1) is 0 Å². The molecular formula is C17H19N. The Hall–Kier alpha value is -1.86. The molecule has 1 unspecified atom stereocenters. The maximum Gasteiger partial charge on any atom is 0.00509 e. The summed E-state index contributed by atoms with van der Waals surface area (Å²) in [5.41, 5.74) is 10.5. The molecule has 0 saturated carbocycles. The fourth-order valence-corrected chi connectivity index (χ4v) is 2.04. The summed E-state index contributed by atoms with van der Waals surface area (Å²) in [6.45, 7) is 6.09. The van der Waals surface area contributed by atoms with E-state index in [9.17, 15) is 0 Å². The fraction of sp³-hybridized carbons (Fsp3) is 0.176. The standard InChI is InChI=1S/C17H19N/c1-13(12-14(2)18)15-8-10-17(11-9-15)16-6-4-3-5-7-16/h3-11,14H,1,12,18H2,2H3. The Bertz CT molecular complexity index is 509. The van der Waals surface area contributed by atoms with Crippen LogP contribution in [0.15, 0.2) is 61.2 Å². The van der Waals surface area contributed by atoms with E-state index >= 15 is 0 Å². The second-order valence-corrected chi connectivity index (χ2v) is 4.73. The highest BCUT2D eigenvalue weighted by atomic mass is 14.6. The van der Waals surface area contributed by atoms with Gasteiger partial charge >= 0.3 is 0 Å². The van der Waals surface area contributed by atoms with Crippen LogP contribution in [-0.4, -0.2) is 6.04 Å². The fourth-order valence-electron chi connectivity index (χ4n) is 2.04. The number of hydrogen-bond donors (Lipinski definition) is 1. The van der Waals surface area contributed by atoms with Crippen LogP contribution in [0.5, 0.6) is 0 Å². The average Bonchev–Trinajstić information content (AvgIpc) is 2.39. The van der Waals surface area contributed by atoms with Crippen molar-refractivity contribution in [2.45, 2.75) is 19.4 Å². The highest BCUT2D eigenvalue weighted by Crippen LogP contribution is 2.23. The number of nitrogens with two attached hydrogens (primary N) is 1. The third-order valence-electron chi connectivity index (χ3n) is 2.97. The van der Waals surface area contributed by atoms with Gasteiger partial charge in [0.1, 0.15) is 0 Å². The summed E-state index contributed by atoms with van der Waals surface area (Å²) in [7, 11) is 0. The van der Waals surface area contributed by atoms with Crippen LogP contribution >= 0.6 is 0 Å². The molecule has 2 rings (SSSR count). The van der Waals surface area contributed by atoms with E-state index in [0.717, 1.165) is 12.0 Å². The van der Waals surface area contributed by atoms with Gasteiger partial charge in [-0.3, -0.25) is 0 Å². The zero-order valence-corrected chi connectivity index (χ0v) is 10.8. The Morgan fingerprint density at radius 1 is 1.00 bits per heavy atom.